The molecule has 3 fully saturated rings. The van der Waals surface area contributed by atoms with Crippen molar-refractivity contribution in [3.05, 3.63) is 0 Å². The van der Waals surface area contributed by atoms with Crippen molar-refractivity contribution < 1.29 is 4.74 Å². The summed E-state index contributed by atoms with van der Waals surface area (Å²) in [5, 5.41) is 0.800. The standard InChI is InChI=1S/C16H30N2OS/c1-4-12-10-18(7-9-20-12)11-16(17)13-6-5-8-19-14(13)15(16,2)3/h12-14H,4-11,17H2,1-3H3. The predicted octanol–water partition coefficient (Wildman–Crippen LogP) is 2.35. The number of nitrogens with zero attached hydrogens (tertiary/aromatic N) is 1. The van der Waals surface area contributed by atoms with Gasteiger partial charge in [-0.3, -0.25) is 4.90 Å². The van der Waals surface area contributed by atoms with Crippen LogP contribution in [0.15, 0.2) is 0 Å². The molecule has 3 nitrogen and oxygen atoms in total. The number of thioether (sulfide) groups is 1. The van der Waals surface area contributed by atoms with Gasteiger partial charge in [0.05, 0.1) is 6.10 Å². The average molecular weight is 298 g/mol. The van der Waals surface area contributed by atoms with Gasteiger partial charge in [-0.1, -0.05) is 20.8 Å². The van der Waals surface area contributed by atoms with Crippen LogP contribution in [0.25, 0.3) is 0 Å². The average Bonchev–Trinajstić information content (AvgIpc) is 2.47. The molecule has 2 heterocycles. The molecule has 1 aliphatic carbocycles. The van der Waals surface area contributed by atoms with Crippen LogP contribution in [0.3, 0.4) is 0 Å². The van der Waals surface area contributed by atoms with E-state index in [9.17, 15) is 0 Å². The summed E-state index contributed by atoms with van der Waals surface area (Å²) in [5.74, 6) is 1.83. The Hall–Kier alpha value is 0.230. The van der Waals surface area contributed by atoms with Crippen LogP contribution in [-0.4, -0.2) is 53.8 Å². The van der Waals surface area contributed by atoms with Crippen LogP contribution in [0.5, 0.6) is 0 Å². The first-order valence-corrected chi connectivity index (χ1v) is 9.28. The molecule has 116 valence electrons. The zero-order chi connectivity index (χ0) is 14.4. The third kappa shape index (κ3) is 2.23. The van der Waals surface area contributed by atoms with Crippen LogP contribution in [-0.2, 0) is 4.74 Å². The first-order chi connectivity index (χ1) is 9.49. The van der Waals surface area contributed by atoms with Gasteiger partial charge >= 0.3 is 0 Å². The predicted molar refractivity (Wildman–Crippen MR) is 86.1 cm³/mol. The maximum absolute atomic E-state index is 6.92. The number of hydrogen-bond donors (Lipinski definition) is 1. The highest BCUT2D eigenvalue weighted by Gasteiger charge is 2.66. The van der Waals surface area contributed by atoms with E-state index in [0.717, 1.165) is 18.4 Å². The largest absolute Gasteiger partial charge is 0.377 e. The Morgan fingerprint density at radius 3 is 2.95 bits per heavy atom. The Labute approximate surface area is 128 Å². The van der Waals surface area contributed by atoms with Crippen molar-refractivity contribution in [3.63, 3.8) is 0 Å². The van der Waals surface area contributed by atoms with E-state index in [4.69, 9.17) is 10.5 Å². The van der Waals surface area contributed by atoms with Gasteiger partial charge in [0.2, 0.25) is 0 Å². The van der Waals surface area contributed by atoms with Crippen molar-refractivity contribution >= 4 is 11.8 Å². The molecule has 2 N–H and O–H groups in total. The van der Waals surface area contributed by atoms with E-state index in [1.54, 1.807) is 0 Å². The van der Waals surface area contributed by atoms with Crippen molar-refractivity contribution in [3.8, 4) is 0 Å². The number of ether oxygens (including phenoxy) is 1. The summed E-state index contributed by atoms with van der Waals surface area (Å²) in [5.41, 5.74) is 6.98. The molecule has 4 heteroatoms. The molecule has 4 atom stereocenters. The number of fused-ring (bicyclic) bond motifs is 1. The van der Waals surface area contributed by atoms with E-state index >= 15 is 0 Å². The molecule has 0 spiro atoms. The van der Waals surface area contributed by atoms with E-state index in [-0.39, 0.29) is 11.0 Å². The maximum Gasteiger partial charge on any atom is 0.0690 e. The van der Waals surface area contributed by atoms with E-state index in [1.807, 2.05) is 0 Å². The fraction of sp³-hybridized carbons (Fsp3) is 1.00. The van der Waals surface area contributed by atoms with Crippen molar-refractivity contribution in [2.45, 2.75) is 56.9 Å². The van der Waals surface area contributed by atoms with Gasteiger partial charge in [-0.15, -0.1) is 0 Å². The summed E-state index contributed by atoms with van der Waals surface area (Å²) >= 11 is 2.13. The van der Waals surface area contributed by atoms with E-state index < -0.39 is 0 Å². The zero-order valence-corrected chi connectivity index (χ0v) is 14.0. The van der Waals surface area contributed by atoms with Gasteiger partial charge in [-0.25, -0.2) is 0 Å². The molecule has 3 rings (SSSR count). The molecule has 0 aromatic carbocycles. The third-order valence-corrected chi connectivity index (χ3v) is 7.43. The normalized spacial score (nSPS) is 44.7. The van der Waals surface area contributed by atoms with Crippen molar-refractivity contribution in [2.24, 2.45) is 17.1 Å². The van der Waals surface area contributed by atoms with E-state index in [0.29, 0.717) is 12.0 Å². The summed E-state index contributed by atoms with van der Waals surface area (Å²) in [7, 11) is 0. The van der Waals surface area contributed by atoms with Crippen molar-refractivity contribution in [2.75, 3.05) is 32.0 Å². The molecule has 1 saturated carbocycles. The molecule has 0 bridgehead atoms. The summed E-state index contributed by atoms with van der Waals surface area (Å²) in [6.07, 6.45) is 4.10. The molecule has 0 aromatic heterocycles. The highest BCUT2D eigenvalue weighted by atomic mass is 32.2. The van der Waals surface area contributed by atoms with Crippen LogP contribution in [0, 0.1) is 11.3 Å². The summed E-state index contributed by atoms with van der Waals surface area (Å²) in [6.45, 7) is 11.3. The van der Waals surface area contributed by atoms with Gasteiger partial charge in [-0.05, 0) is 19.3 Å². The summed E-state index contributed by atoms with van der Waals surface area (Å²) < 4.78 is 6.02. The Morgan fingerprint density at radius 2 is 2.20 bits per heavy atom. The lowest BCUT2D eigenvalue weighted by atomic mass is 9.46. The lowest BCUT2D eigenvalue weighted by Crippen LogP contribution is -2.80. The minimum absolute atomic E-state index is 0.0572. The Bertz CT molecular complexity index is 362. The fourth-order valence-corrected chi connectivity index (χ4v) is 5.78. The highest BCUT2D eigenvalue weighted by Crippen LogP contribution is 2.57. The van der Waals surface area contributed by atoms with Gasteiger partial charge in [0, 0.05) is 54.1 Å². The molecule has 0 amide bonds. The monoisotopic (exact) mass is 298 g/mol. The lowest BCUT2D eigenvalue weighted by Gasteiger charge is -2.67. The molecule has 0 radical (unpaired) electrons. The second-order valence-electron chi connectivity index (χ2n) is 7.44. The zero-order valence-electron chi connectivity index (χ0n) is 13.2. The van der Waals surface area contributed by atoms with Gasteiger partial charge < -0.3 is 10.5 Å². The quantitative estimate of drug-likeness (QED) is 0.868. The topological polar surface area (TPSA) is 38.5 Å². The highest BCUT2D eigenvalue weighted by molar-refractivity contribution is 8.00. The van der Waals surface area contributed by atoms with Crippen molar-refractivity contribution in [1.29, 1.82) is 0 Å². The molecule has 3 aliphatic rings. The molecular formula is C16H30N2OS. The van der Waals surface area contributed by atoms with Gasteiger partial charge in [-0.2, -0.15) is 11.8 Å². The summed E-state index contributed by atoms with van der Waals surface area (Å²) in [4.78, 5) is 2.62. The lowest BCUT2D eigenvalue weighted by molar-refractivity contribution is -0.232. The second-order valence-corrected chi connectivity index (χ2v) is 8.85. The van der Waals surface area contributed by atoms with Crippen LogP contribution in [0.4, 0.5) is 0 Å². The Morgan fingerprint density at radius 1 is 1.40 bits per heavy atom. The first kappa shape index (κ1) is 15.1. The smallest absolute Gasteiger partial charge is 0.0690 e. The summed E-state index contributed by atoms with van der Waals surface area (Å²) in [6, 6.07) is 0. The molecule has 2 aliphatic heterocycles. The van der Waals surface area contributed by atoms with Gasteiger partial charge in [0.1, 0.15) is 0 Å². The molecular weight excluding hydrogens is 268 g/mol. The van der Waals surface area contributed by atoms with Gasteiger partial charge in [0.25, 0.3) is 0 Å². The van der Waals surface area contributed by atoms with Crippen LogP contribution >= 0.6 is 11.8 Å². The number of nitrogens with two attached hydrogens (primary N) is 1. The SMILES string of the molecule is CCC1CN(CC2(N)C3CCCOC3C2(C)C)CCS1. The minimum atomic E-state index is -0.0572. The molecule has 20 heavy (non-hydrogen) atoms. The maximum atomic E-state index is 6.92. The molecule has 2 saturated heterocycles. The van der Waals surface area contributed by atoms with Crippen LogP contribution < -0.4 is 5.73 Å². The van der Waals surface area contributed by atoms with E-state index in [2.05, 4.69) is 37.4 Å². The molecule has 4 unspecified atom stereocenters. The van der Waals surface area contributed by atoms with Gasteiger partial charge in [0.15, 0.2) is 0 Å². The fourth-order valence-electron chi connectivity index (χ4n) is 4.53. The minimum Gasteiger partial charge on any atom is -0.377 e. The second kappa shape index (κ2) is 5.45. The Kier molecular flexibility index (Phi) is 4.13. The first-order valence-electron chi connectivity index (χ1n) is 8.23. The van der Waals surface area contributed by atoms with Crippen molar-refractivity contribution in [1.82, 2.24) is 4.90 Å². The van der Waals surface area contributed by atoms with E-state index in [1.165, 1.54) is 38.1 Å². The van der Waals surface area contributed by atoms with Crippen LogP contribution in [0.2, 0.25) is 0 Å². The number of hydrogen-bond acceptors (Lipinski definition) is 4. The van der Waals surface area contributed by atoms with Crippen LogP contribution in [0.1, 0.15) is 40.0 Å². The third-order valence-electron chi connectivity index (χ3n) is 6.06. The Balaban J connectivity index is 1.69. The number of rotatable bonds is 3. The molecule has 0 aromatic rings.